The molecule has 0 bridgehead atoms. The number of aliphatic imine (C=N–C) groups is 1. The van der Waals surface area contributed by atoms with Gasteiger partial charge >= 0.3 is 0 Å². The van der Waals surface area contributed by atoms with Crippen molar-refractivity contribution in [2.75, 3.05) is 18.8 Å². The van der Waals surface area contributed by atoms with E-state index in [9.17, 15) is 8.42 Å². The van der Waals surface area contributed by atoms with Gasteiger partial charge in [-0.1, -0.05) is 48.5 Å². The smallest absolute Gasteiger partial charge is 0.236 e. The Morgan fingerprint density at radius 1 is 1.40 bits per heavy atom. The van der Waals surface area contributed by atoms with Gasteiger partial charge in [0, 0.05) is 10.8 Å². The minimum Gasteiger partial charge on any atom is -0.260 e. The Hall–Kier alpha value is -0.720. The van der Waals surface area contributed by atoms with Crippen LogP contribution >= 0.6 is 23.4 Å². The van der Waals surface area contributed by atoms with E-state index in [2.05, 4.69) is 4.99 Å². The predicted molar refractivity (Wildman–Crippen MR) is 85.8 cm³/mol. The first-order valence-electron chi connectivity index (χ1n) is 6.45. The molecule has 0 unspecified atom stereocenters. The molecule has 2 rings (SSSR count). The van der Waals surface area contributed by atoms with Crippen LogP contribution in [-0.2, 0) is 15.8 Å². The predicted octanol–water partition coefficient (Wildman–Crippen LogP) is 2.98. The maximum Gasteiger partial charge on any atom is 0.236 e. The van der Waals surface area contributed by atoms with Gasteiger partial charge in [-0.05, 0) is 18.1 Å². The number of nitrogens with zero attached hydrogens (tertiary/aromatic N) is 2. The van der Waals surface area contributed by atoms with Gasteiger partial charge in [0.15, 0.2) is 5.17 Å². The molecule has 0 saturated heterocycles. The first-order chi connectivity index (χ1) is 9.54. The number of halogens is 1. The average Bonchev–Trinajstić information content (AvgIpc) is 2.87. The van der Waals surface area contributed by atoms with Gasteiger partial charge in [-0.3, -0.25) is 4.99 Å². The van der Waals surface area contributed by atoms with Crippen molar-refractivity contribution in [3.8, 4) is 0 Å². The van der Waals surface area contributed by atoms with Gasteiger partial charge in [-0.25, -0.2) is 12.7 Å². The number of rotatable bonds is 5. The molecule has 1 aromatic carbocycles. The molecule has 1 aliphatic rings. The molecular formula is C13H17ClN2O2S2. The summed E-state index contributed by atoms with van der Waals surface area (Å²) in [5.41, 5.74) is 0.988. The monoisotopic (exact) mass is 332 g/mol. The Kier molecular flexibility index (Phi) is 5.35. The van der Waals surface area contributed by atoms with Crippen molar-refractivity contribution < 1.29 is 8.42 Å². The van der Waals surface area contributed by atoms with E-state index in [0.717, 1.165) is 5.56 Å². The summed E-state index contributed by atoms with van der Waals surface area (Å²) in [5.74, 6) is 0.787. The molecule has 1 aromatic rings. The van der Waals surface area contributed by atoms with Crippen LogP contribution in [-0.4, -0.2) is 36.7 Å². The molecule has 0 aliphatic carbocycles. The molecule has 0 radical (unpaired) electrons. The highest BCUT2D eigenvalue weighted by Crippen LogP contribution is 2.25. The number of sulfonamides is 1. The number of amidine groups is 1. The van der Waals surface area contributed by atoms with E-state index >= 15 is 0 Å². The average molecular weight is 333 g/mol. The topological polar surface area (TPSA) is 49.7 Å². The van der Waals surface area contributed by atoms with Crippen LogP contribution in [0.25, 0.3) is 0 Å². The van der Waals surface area contributed by atoms with Gasteiger partial charge in [0.05, 0.1) is 18.8 Å². The number of hydrogen-bond donors (Lipinski definition) is 0. The maximum absolute atomic E-state index is 12.1. The molecule has 0 fully saturated rings. The zero-order chi connectivity index (χ0) is 14.6. The third-order valence-corrected chi connectivity index (χ3v) is 6.37. The fraction of sp³-hybridized carbons (Fsp3) is 0.462. The van der Waals surface area contributed by atoms with Gasteiger partial charge in [0.1, 0.15) is 0 Å². The second kappa shape index (κ2) is 6.83. The van der Waals surface area contributed by atoms with Crippen molar-refractivity contribution >= 4 is 38.6 Å². The molecule has 0 aromatic heterocycles. The normalized spacial score (nSPS) is 15.5. The van der Waals surface area contributed by atoms with Crippen molar-refractivity contribution in [1.29, 1.82) is 0 Å². The second-order valence-electron chi connectivity index (χ2n) is 4.43. The van der Waals surface area contributed by atoms with E-state index in [0.29, 0.717) is 35.5 Å². The van der Waals surface area contributed by atoms with Crippen LogP contribution in [0.1, 0.15) is 18.9 Å². The third kappa shape index (κ3) is 3.68. The molecule has 0 saturated carbocycles. The molecule has 0 amide bonds. The summed E-state index contributed by atoms with van der Waals surface area (Å²) < 4.78 is 25.7. The Labute approximate surface area is 129 Å². The highest BCUT2D eigenvalue weighted by molar-refractivity contribution is 8.14. The van der Waals surface area contributed by atoms with Crippen LogP contribution in [0.3, 0.4) is 0 Å². The zero-order valence-electron chi connectivity index (χ0n) is 11.3. The summed E-state index contributed by atoms with van der Waals surface area (Å²) in [7, 11) is -3.23. The van der Waals surface area contributed by atoms with Crippen LogP contribution < -0.4 is 0 Å². The fourth-order valence-corrected chi connectivity index (χ4v) is 5.04. The van der Waals surface area contributed by atoms with E-state index in [-0.39, 0.29) is 5.75 Å². The van der Waals surface area contributed by atoms with Gasteiger partial charge in [0.25, 0.3) is 0 Å². The Morgan fingerprint density at radius 3 is 2.85 bits per heavy atom. The van der Waals surface area contributed by atoms with E-state index in [1.54, 1.807) is 0 Å². The Balaban J connectivity index is 2.04. The molecule has 4 nitrogen and oxygen atoms in total. The molecule has 0 atom stereocenters. The summed E-state index contributed by atoms with van der Waals surface area (Å²) in [6.07, 6.45) is 0.612. The lowest BCUT2D eigenvalue weighted by molar-refractivity contribution is 0.539. The number of benzene rings is 1. The highest BCUT2D eigenvalue weighted by atomic mass is 35.5. The summed E-state index contributed by atoms with van der Waals surface area (Å²) in [6.45, 7) is 2.85. The Bertz CT molecular complexity index is 602. The van der Waals surface area contributed by atoms with Gasteiger partial charge in [-0.15, -0.1) is 0 Å². The molecule has 0 N–H and O–H groups in total. The van der Waals surface area contributed by atoms with Crippen molar-refractivity contribution in [2.45, 2.75) is 19.1 Å². The standard InChI is InChI=1S/C13H17ClN2O2S2/c1-2-9-20(17,18)16-8-7-15-13(16)19-10-11-5-3-4-6-12(11)14/h3-6H,2,7-10H2,1H3. The summed E-state index contributed by atoms with van der Waals surface area (Å²) >= 11 is 7.53. The van der Waals surface area contributed by atoms with Crippen molar-refractivity contribution in [3.05, 3.63) is 34.9 Å². The van der Waals surface area contributed by atoms with Crippen LogP contribution in [0, 0.1) is 0 Å². The van der Waals surface area contributed by atoms with Gasteiger partial charge in [0.2, 0.25) is 10.0 Å². The Morgan fingerprint density at radius 2 is 2.15 bits per heavy atom. The number of thioether (sulfide) groups is 1. The van der Waals surface area contributed by atoms with Gasteiger partial charge in [-0.2, -0.15) is 0 Å². The lowest BCUT2D eigenvalue weighted by atomic mass is 10.2. The lowest BCUT2D eigenvalue weighted by Crippen LogP contribution is -2.34. The summed E-state index contributed by atoms with van der Waals surface area (Å²) in [4.78, 5) is 4.29. The molecule has 1 heterocycles. The maximum atomic E-state index is 12.1. The van der Waals surface area contributed by atoms with Crippen molar-refractivity contribution in [3.63, 3.8) is 0 Å². The molecule has 20 heavy (non-hydrogen) atoms. The molecule has 1 aliphatic heterocycles. The SMILES string of the molecule is CCCS(=O)(=O)N1CCN=C1SCc1ccccc1Cl. The molecule has 0 spiro atoms. The quantitative estimate of drug-likeness (QED) is 0.833. The lowest BCUT2D eigenvalue weighted by Gasteiger charge is -2.19. The van der Waals surface area contributed by atoms with Crippen LogP contribution in [0.15, 0.2) is 29.3 Å². The van der Waals surface area contributed by atoms with E-state index in [1.165, 1.54) is 16.1 Å². The van der Waals surface area contributed by atoms with E-state index in [1.807, 2.05) is 31.2 Å². The third-order valence-electron chi connectivity index (χ3n) is 2.88. The first-order valence-corrected chi connectivity index (χ1v) is 9.43. The van der Waals surface area contributed by atoms with Gasteiger partial charge < -0.3 is 0 Å². The zero-order valence-corrected chi connectivity index (χ0v) is 13.6. The molecular weight excluding hydrogens is 316 g/mol. The first kappa shape index (κ1) is 15.7. The van der Waals surface area contributed by atoms with Crippen LogP contribution in [0.4, 0.5) is 0 Å². The minimum atomic E-state index is -3.23. The summed E-state index contributed by atoms with van der Waals surface area (Å²) in [5, 5.41) is 1.28. The second-order valence-corrected chi connectivity index (χ2v) is 7.80. The van der Waals surface area contributed by atoms with Crippen molar-refractivity contribution in [2.24, 2.45) is 4.99 Å². The van der Waals surface area contributed by atoms with Crippen LogP contribution in [0.5, 0.6) is 0 Å². The van der Waals surface area contributed by atoms with E-state index in [4.69, 9.17) is 11.6 Å². The summed E-state index contributed by atoms with van der Waals surface area (Å²) in [6, 6.07) is 7.57. The fourth-order valence-electron chi connectivity index (χ4n) is 1.91. The van der Waals surface area contributed by atoms with Crippen molar-refractivity contribution in [1.82, 2.24) is 4.31 Å². The molecule has 110 valence electrons. The number of hydrogen-bond acceptors (Lipinski definition) is 4. The minimum absolute atomic E-state index is 0.165. The van der Waals surface area contributed by atoms with E-state index < -0.39 is 10.0 Å². The largest absolute Gasteiger partial charge is 0.260 e. The van der Waals surface area contributed by atoms with Crippen LogP contribution in [0.2, 0.25) is 5.02 Å². The molecule has 7 heteroatoms. The highest BCUT2D eigenvalue weighted by Gasteiger charge is 2.28.